The minimum absolute atomic E-state index is 0.0209. The molecule has 4 saturated carbocycles. The fraction of sp³-hybridized carbons (Fsp3) is 0.833. The first-order valence-electron chi connectivity index (χ1n) is 12.2. The lowest BCUT2D eigenvalue weighted by Crippen LogP contribution is -2.61. The molecule has 1 aliphatic heterocycles. The highest BCUT2D eigenvalue weighted by Crippen LogP contribution is 2.55. The average Bonchev–Trinajstić information content (AvgIpc) is 2.69. The van der Waals surface area contributed by atoms with Gasteiger partial charge in [-0.1, -0.05) is 6.08 Å². The number of piperidine rings is 1. The van der Waals surface area contributed by atoms with Gasteiger partial charge in [0.15, 0.2) is 0 Å². The molecule has 2 N–H and O–H groups in total. The third-order valence-electron chi connectivity index (χ3n) is 8.35. The van der Waals surface area contributed by atoms with Gasteiger partial charge in [0.1, 0.15) is 0 Å². The SMILES string of the molecule is O=C(NCCCC(=O)N1CCCC2CCCC=C21)NC12CC3CC(CC(C3)C1)C2. The Kier molecular flexibility index (Phi) is 5.34. The molecule has 5 heteroatoms. The molecular formula is C24H37N3O2. The number of carbonyl (C=O) groups excluding carboxylic acids is 2. The topological polar surface area (TPSA) is 61.4 Å². The van der Waals surface area contributed by atoms with Crippen molar-refractivity contribution >= 4 is 11.9 Å². The van der Waals surface area contributed by atoms with Crippen LogP contribution in [0.2, 0.25) is 0 Å². The maximum Gasteiger partial charge on any atom is 0.315 e. The molecule has 0 radical (unpaired) electrons. The summed E-state index contributed by atoms with van der Waals surface area (Å²) in [4.78, 5) is 27.3. The number of carbonyl (C=O) groups is 2. The molecule has 1 unspecified atom stereocenters. The minimum Gasteiger partial charge on any atom is -0.338 e. The summed E-state index contributed by atoms with van der Waals surface area (Å²) in [6.07, 6.45) is 17.2. The number of likely N-dealkylation sites (tertiary alicyclic amines) is 1. The summed E-state index contributed by atoms with van der Waals surface area (Å²) in [6, 6.07) is -0.0209. The Hall–Kier alpha value is -1.52. The molecule has 0 aromatic rings. The van der Waals surface area contributed by atoms with E-state index in [1.165, 1.54) is 63.5 Å². The second-order valence-electron chi connectivity index (χ2n) is 10.6. The summed E-state index contributed by atoms with van der Waals surface area (Å²) in [5.74, 6) is 3.35. The van der Waals surface area contributed by atoms with Gasteiger partial charge < -0.3 is 15.5 Å². The van der Waals surface area contributed by atoms with Gasteiger partial charge in [0.25, 0.3) is 0 Å². The van der Waals surface area contributed by atoms with Crippen LogP contribution in [0, 0.1) is 23.7 Å². The zero-order valence-electron chi connectivity index (χ0n) is 17.8. The van der Waals surface area contributed by atoms with Gasteiger partial charge in [-0.15, -0.1) is 0 Å². The van der Waals surface area contributed by atoms with Crippen molar-refractivity contribution in [1.29, 1.82) is 0 Å². The van der Waals surface area contributed by atoms with E-state index in [2.05, 4.69) is 16.7 Å². The van der Waals surface area contributed by atoms with Gasteiger partial charge in [-0.25, -0.2) is 4.79 Å². The monoisotopic (exact) mass is 399 g/mol. The quantitative estimate of drug-likeness (QED) is 0.676. The number of fused-ring (bicyclic) bond motifs is 1. The number of rotatable bonds is 5. The van der Waals surface area contributed by atoms with E-state index in [4.69, 9.17) is 0 Å². The normalized spacial score (nSPS) is 37.7. The van der Waals surface area contributed by atoms with E-state index >= 15 is 0 Å². The molecule has 0 aromatic carbocycles. The highest BCUT2D eigenvalue weighted by molar-refractivity contribution is 5.78. The number of nitrogens with one attached hydrogen (secondary N) is 2. The van der Waals surface area contributed by atoms with Crippen LogP contribution in [0.1, 0.15) is 83.5 Å². The van der Waals surface area contributed by atoms with Crippen LogP contribution in [0.3, 0.4) is 0 Å². The lowest BCUT2D eigenvalue weighted by molar-refractivity contribution is -0.130. The van der Waals surface area contributed by atoms with Crippen molar-refractivity contribution in [3.05, 3.63) is 11.8 Å². The molecule has 1 heterocycles. The molecule has 5 aliphatic carbocycles. The third kappa shape index (κ3) is 4.06. The number of urea groups is 1. The van der Waals surface area contributed by atoms with Gasteiger partial charge in [0, 0.05) is 30.7 Å². The molecule has 0 aromatic heterocycles. The van der Waals surface area contributed by atoms with Gasteiger partial charge in [0.2, 0.25) is 5.91 Å². The van der Waals surface area contributed by atoms with Crippen LogP contribution in [0.4, 0.5) is 4.79 Å². The van der Waals surface area contributed by atoms with Gasteiger partial charge >= 0.3 is 6.03 Å². The second-order valence-corrected chi connectivity index (χ2v) is 10.6. The van der Waals surface area contributed by atoms with E-state index in [-0.39, 0.29) is 17.5 Å². The van der Waals surface area contributed by atoms with Crippen molar-refractivity contribution in [1.82, 2.24) is 15.5 Å². The van der Waals surface area contributed by atoms with Crippen molar-refractivity contribution in [2.75, 3.05) is 13.1 Å². The molecule has 0 spiro atoms. The Labute approximate surface area is 175 Å². The number of amides is 3. The second kappa shape index (κ2) is 7.96. The van der Waals surface area contributed by atoms with E-state index in [1.807, 2.05) is 4.90 Å². The summed E-state index contributed by atoms with van der Waals surface area (Å²) in [6.45, 7) is 1.46. The lowest BCUT2D eigenvalue weighted by Gasteiger charge is -2.56. The molecule has 4 bridgehead atoms. The van der Waals surface area contributed by atoms with Gasteiger partial charge in [-0.05, 0) is 101 Å². The average molecular weight is 400 g/mol. The lowest BCUT2D eigenvalue weighted by atomic mass is 9.53. The van der Waals surface area contributed by atoms with E-state index in [1.54, 1.807) is 0 Å². The molecule has 5 nitrogen and oxygen atoms in total. The number of hydrogen-bond donors (Lipinski definition) is 2. The first-order chi connectivity index (χ1) is 14.1. The largest absolute Gasteiger partial charge is 0.338 e. The van der Waals surface area contributed by atoms with E-state index in [0.717, 1.165) is 43.6 Å². The summed E-state index contributed by atoms with van der Waals surface area (Å²) in [5, 5.41) is 6.40. The highest BCUT2D eigenvalue weighted by atomic mass is 16.2. The van der Waals surface area contributed by atoms with Crippen molar-refractivity contribution in [3.8, 4) is 0 Å². The van der Waals surface area contributed by atoms with Crippen LogP contribution in [-0.4, -0.2) is 35.5 Å². The number of hydrogen-bond acceptors (Lipinski definition) is 2. The maximum atomic E-state index is 12.8. The molecule has 29 heavy (non-hydrogen) atoms. The molecule has 1 atom stereocenters. The number of allylic oxidation sites excluding steroid dienone is 2. The van der Waals surface area contributed by atoms with Crippen LogP contribution >= 0.6 is 0 Å². The van der Waals surface area contributed by atoms with Crippen molar-refractivity contribution in [2.24, 2.45) is 23.7 Å². The van der Waals surface area contributed by atoms with E-state index in [9.17, 15) is 9.59 Å². The minimum atomic E-state index is -0.0209. The number of nitrogens with zero attached hydrogens (tertiary/aromatic N) is 1. The predicted octanol–water partition coefficient (Wildman–Crippen LogP) is 4.34. The van der Waals surface area contributed by atoms with Crippen LogP contribution in [0.5, 0.6) is 0 Å². The molecular weight excluding hydrogens is 362 g/mol. The Balaban J connectivity index is 1.06. The first-order valence-corrected chi connectivity index (χ1v) is 12.2. The Bertz CT molecular complexity index is 650. The molecule has 5 fully saturated rings. The molecule has 3 amide bonds. The van der Waals surface area contributed by atoms with Crippen LogP contribution in [-0.2, 0) is 4.79 Å². The Morgan fingerprint density at radius 2 is 1.72 bits per heavy atom. The van der Waals surface area contributed by atoms with Crippen LogP contribution in [0.15, 0.2) is 11.8 Å². The van der Waals surface area contributed by atoms with Crippen molar-refractivity contribution in [3.63, 3.8) is 0 Å². The van der Waals surface area contributed by atoms with Gasteiger partial charge in [-0.3, -0.25) is 4.79 Å². The van der Waals surface area contributed by atoms with E-state index < -0.39 is 0 Å². The van der Waals surface area contributed by atoms with Crippen LogP contribution in [0.25, 0.3) is 0 Å². The first kappa shape index (κ1) is 19.4. The summed E-state index contributed by atoms with van der Waals surface area (Å²) >= 11 is 0. The maximum absolute atomic E-state index is 12.8. The predicted molar refractivity (Wildman–Crippen MR) is 113 cm³/mol. The fourth-order valence-electron chi connectivity index (χ4n) is 7.57. The summed E-state index contributed by atoms with van der Waals surface area (Å²) < 4.78 is 0. The standard InChI is InChI=1S/C24H37N3O2/c28-22(27-10-4-6-20-5-1-2-7-21(20)27)8-3-9-25-23(29)26-24-14-17-11-18(15-24)13-19(12-17)16-24/h7,17-20H,1-6,8-16H2,(H2,25,26,29). The molecule has 160 valence electrons. The van der Waals surface area contributed by atoms with Crippen molar-refractivity contribution in [2.45, 2.75) is 89.0 Å². The molecule has 6 rings (SSSR count). The molecule has 6 aliphatic rings. The third-order valence-corrected chi connectivity index (χ3v) is 8.35. The van der Waals surface area contributed by atoms with Crippen LogP contribution < -0.4 is 10.6 Å². The van der Waals surface area contributed by atoms with Gasteiger partial charge in [0.05, 0.1) is 0 Å². The van der Waals surface area contributed by atoms with E-state index in [0.29, 0.717) is 18.9 Å². The zero-order valence-corrected chi connectivity index (χ0v) is 17.8. The zero-order chi connectivity index (χ0) is 19.8. The Morgan fingerprint density at radius 3 is 2.45 bits per heavy atom. The Morgan fingerprint density at radius 1 is 1.03 bits per heavy atom. The fourth-order valence-corrected chi connectivity index (χ4v) is 7.57. The highest BCUT2D eigenvalue weighted by Gasteiger charge is 2.51. The summed E-state index contributed by atoms with van der Waals surface area (Å²) in [5.41, 5.74) is 1.35. The smallest absolute Gasteiger partial charge is 0.315 e. The van der Waals surface area contributed by atoms with Crippen molar-refractivity contribution < 1.29 is 9.59 Å². The van der Waals surface area contributed by atoms with Gasteiger partial charge in [-0.2, -0.15) is 0 Å². The molecule has 1 saturated heterocycles. The summed E-state index contributed by atoms with van der Waals surface area (Å²) in [7, 11) is 0.